The van der Waals surface area contributed by atoms with Crippen molar-refractivity contribution in [3.8, 4) is 11.8 Å². The minimum atomic E-state index is -4.55. The van der Waals surface area contributed by atoms with E-state index in [0.717, 1.165) is 66.3 Å². The summed E-state index contributed by atoms with van der Waals surface area (Å²) < 4.78 is 44.3. The number of nitrogens with zero attached hydrogens (tertiary/aromatic N) is 5. The Balaban J connectivity index is 1.18. The monoisotopic (exact) mass is 639 g/mol. The largest absolute Gasteiger partial charge is 0.416 e. The number of fused-ring (bicyclic) bond motifs is 1. The van der Waals surface area contributed by atoms with Gasteiger partial charge in [-0.25, -0.2) is 9.97 Å². The van der Waals surface area contributed by atoms with E-state index in [2.05, 4.69) is 43.4 Å². The van der Waals surface area contributed by atoms with Crippen LogP contribution in [-0.4, -0.2) is 63.5 Å². The van der Waals surface area contributed by atoms with Crippen LogP contribution in [-0.2, 0) is 19.3 Å². The van der Waals surface area contributed by atoms with E-state index >= 15 is 0 Å². The van der Waals surface area contributed by atoms with Gasteiger partial charge >= 0.3 is 6.18 Å². The number of amides is 1. The Morgan fingerprint density at radius 3 is 2.53 bits per heavy atom. The first-order valence-electron chi connectivity index (χ1n) is 15.5. The molecule has 0 unspecified atom stereocenters. The van der Waals surface area contributed by atoms with Crippen LogP contribution in [0.3, 0.4) is 0 Å². The Bertz CT molecular complexity index is 1890. The number of pyridine rings is 1. The third-order valence-electron chi connectivity index (χ3n) is 8.55. The van der Waals surface area contributed by atoms with Gasteiger partial charge in [-0.3, -0.25) is 9.69 Å². The zero-order chi connectivity index (χ0) is 33.1. The van der Waals surface area contributed by atoms with Crippen molar-refractivity contribution in [2.45, 2.75) is 39.5 Å². The second-order valence-corrected chi connectivity index (χ2v) is 12.0. The number of halogens is 3. The molecule has 0 saturated carbocycles. The maximum Gasteiger partial charge on any atom is 0.416 e. The number of imidazole rings is 1. The Labute approximate surface area is 272 Å². The highest BCUT2D eigenvalue weighted by molar-refractivity contribution is 6.04. The van der Waals surface area contributed by atoms with E-state index in [4.69, 9.17) is 0 Å². The van der Waals surface area contributed by atoms with Crippen LogP contribution in [0.2, 0.25) is 0 Å². The van der Waals surface area contributed by atoms with Crippen molar-refractivity contribution in [3.63, 3.8) is 0 Å². The highest BCUT2D eigenvalue weighted by Crippen LogP contribution is 2.35. The van der Waals surface area contributed by atoms with Crippen molar-refractivity contribution in [3.05, 3.63) is 112 Å². The third kappa shape index (κ3) is 7.40. The summed E-state index contributed by atoms with van der Waals surface area (Å²) in [5, 5.41) is 6.04. The first kappa shape index (κ1) is 32.0. The molecular weight excluding hydrogens is 603 g/mol. The molecular formula is C36H36F3N7O. The van der Waals surface area contributed by atoms with Crippen molar-refractivity contribution in [1.29, 1.82) is 0 Å². The van der Waals surface area contributed by atoms with Gasteiger partial charge in [-0.2, -0.15) is 13.2 Å². The minimum absolute atomic E-state index is 0.0851. The molecule has 2 N–H and O–H groups in total. The number of allylic oxidation sites excluding steroid dienone is 1. The fraction of sp³-hybridized carbons (Fsp3) is 0.306. The highest BCUT2D eigenvalue weighted by Gasteiger charge is 2.34. The Morgan fingerprint density at radius 2 is 1.77 bits per heavy atom. The van der Waals surface area contributed by atoms with Crippen molar-refractivity contribution in [2.75, 3.05) is 43.9 Å². The van der Waals surface area contributed by atoms with E-state index in [1.54, 1.807) is 30.6 Å². The van der Waals surface area contributed by atoms with Gasteiger partial charge in [-0.05, 0) is 80.3 Å². The average Bonchev–Trinajstić information content (AvgIpc) is 3.47. The molecule has 0 spiro atoms. The topological polar surface area (TPSA) is 78.3 Å². The van der Waals surface area contributed by atoms with E-state index in [1.165, 1.54) is 12.1 Å². The van der Waals surface area contributed by atoms with Gasteiger partial charge < -0.3 is 20.1 Å². The predicted octanol–water partition coefficient (Wildman–Crippen LogP) is 6.17. The van der Waals surface area contributed by atoms with Gasteiger partial charge in [0.15, 0.2) is 5.82 Å². The molecule has 2 aliphatic heterocycles. The molecule has 242 valence electrons. The number of piperazine rings is 1. The molecule has 2 aliphatic rings. The van der Waals surface area contributed by atoms with Gasteiger partial charge in [-0.1, -0.05) is 30.2 Å². The number of nitrogens with one attached hydrogen (secondary N) is 2. The molecule has 0 bridgehead atoms. The standard InChI is InChI=1S/C36H36F3N7O/c1-24-8-9-27(35(47)42-29-12-10-28(31(21-29)36(37,38)39)23-45-18-16-44(3)17-19-45)20-26(24)11-13-30-22-41-34-32(7-5-15-46(30)34)43-33-25(2)6-4-14-40-33/h4,6-10,12,14,20-22H,5,15-19,23H2,1-3H3,(H,40,43)(H,42,47). The number of carbonyl (C=O) groups is 1. The van der Waals surface area contributed by atoms with Gasteiger partial charge in [-0.15, -0.1) is 0 Å². The van der Waals surface area contributed by atoms with Crippen LogP contribution in [0.4, 0.5) is 24.7 Å². The second kappa shape index (κ2) is 13.4. The smallest absolute Gasteiger partial charge is 0.337 e. The normalized spacial score (nSPS) is 15.3. The lowest BCUT2D eigenvalue weighted by Crippen LogP contribution is -2.44. The number of benzene rings is 2. The van der Waals surface area contributed by atoms with E-state index in [1.807, 2.05) is 42.5 Å². The summed E-state index contributed by atoms with van der Waals surface area (Å²) in [6.07, 6.45) is 1.81. The first-order chi connectivity index (χ1) is 22.5. The molecule has 0 aliphatic carbocycles. The fourth-order valence-electron chi connectivity index (χ4n) is 5.73. The highest BCUT2D eigenvalue weighted by atomic mass is 19.4. The SMILES string of the molecule is Cc1ccc(C(=O)Nc2ccc(CN3CCN(C)CC3)c(C(F)(F)F)c2)cc1C#Cc1cnc2n1CCC=C2Nc1ncccc1C. The molecule has 4 heterocycles. The van der Waals surface area contributed by atoms with Crippen LogP contribution in [0, 0.1) is 25.7 Å². The summed E-state index contributed by atoms with van der Waals surface area (Å²) in [5.41, 5.74) is 3.96. The Hall–Kier alpha value is -4.92. The van der Waals surface area contributed by atoms with Gasteiger partial charge in [0.05, 0.1) is 17.5 Å². The van der Waals surface area contributed by atoms with Crippen LogP contribution in [0.25, 0.3) is 5.70 Å². The second-order valence-electron chi connectivity index (χ2n) is 12.0. The molecule has 8 nitrogen and oxygen atoms in total. The van der Waals surface area contributed by atoms with E-state index < -0.39 is 17.6 Å². The maximum absolute atomic E-state index is 14.1. The van der Waals surface area contributed by atoms with E-state index in [9.17, 15) is 18.0 Å². The third-order valence-corrected chi connectivity index (χ3v) is 8.55. The average molecular weight is 640 g/mol. The number of anilines is 2. The summed E-state index contributed by atoms with van der Waals surface area (Å²) >= 11 is 0. The van der Waals surface area contributed by atoms with E-state index in [-0.39, 0.29) is 17.8 Å². The lowest BCUT2D eigenvalue weighted by Gasteiger charge is -2.33. The molecule has 2 aromatic carbocycles. The quantitative estimate of drug-likeness (QED) is 0.246. The predicted molar refractivity (Wildman–Crippen MR) is 177 cm³/mol. The first-order valence-corrected chi connectivity index (χ1v) is 15.5. The lowest BCUT2D eigenvalue weighted by molar-refractivity contribution is -0.138. The number of aromatic nitrogens is 3. The molecule has 0 radical (unpaired) electrons. The van der Waals surface area contributed by atoms with Gasteiger partial charge in [0.25, 0.3) is 5.91 Å². The molecule has 1 fully saturated rings. The summed E-state index contributed by atoms with van der Waals surface area (Å²) in [6.45, 7) is 7.84. The Kier molecular flexibility index (Phi) is 9.16. The zero-order valence-corrected chi connectivity index (χ0v) is 26.6. The number of rotatable bonds is 6. The summed E-state index contributed by atoms with van der Waals surface area (Å²) in [6, 6.07) is 13.0. The molecule has 1 saturated heterocycles. The van der Waals surface area contributed by atoms with Crippen LogP contribution in [0.15, 0.2) is 67.0 Å². The summed E-state index contributed by atoms with van der Waals surface area (Å²) in [7, 11) is 2.00. The van der Waals surface area contributed by atoms with Gasteiger partial charge in [0.2, 0.25) is 0 Å². The lowest BCUT2D eigenvalue weighted by atomic mass is 10.0. The number of hydrogen-bond donors (Lipinski definition) is 2. The fourth-order valence-corrected chi connectivity index (χ4v) is 5.73. The van der Waals surface area contributed by atoms with Gasteiger partial charge in [0, 0.05) is 62.3 Å². The number of carbonyl (C=O) groups excluding carboxylic acids is 1. The number of alkyl halides is 3. The molecule has 2 aromatic heterocycles. The molecule has 11 heteroatoms. The van der Waals surface area contributed by atoms with Crippen molar-refractivity contribution >= 4 is 23.1 Å². The number of likely N-dealkylation sites (N-methyl/N-ethyl adjacent to an activating group) is 1. The zero-order valence-electron chi connectivity index (χ0n) is 26.6. The van der Waals surface area contributed by atoms with Crippen molar-refractivity contribution in [2.24, 2.45) is 0 Å². The van der Waals surface area contributed by atoms with Crippen molar-refractivity contribution in [1.82, 2.24) is 24.3 Å². The molecule has 1 amide bonds. The van der Waals surface area contributed by atoms with Crippen LogP contribution in [0.1, 0.15) is 56.1 Å². The molecule has 47 heavy (non-hydrogen) atoms. The van der Waals surface area contributed by atoms with Crippen molar-refractivity contribution < 1.29 is 18.0 Å². The van der Waals surface area contributed by atoms with Crippen LogP contribution in [0.5, 0.6) is 0 Å². The Morgan fingerprint density at radius 1 is 0.957 bits per heavy atom. The molecule has 0 atom stereocenters. The van der Waals surface area contributed by atoms with E-state index in [0.29, 0.717) is 24.2 Å². The molecule has 6 rings (SSSR count). The number of hydrogen-bond acceptors (Lipinski definition) is 6. The minimum Gasteiger partial charge on any atom is -0.337 e. The van der Waals surface area contributed by atoms with Crippen LogP contribution >= 0.6 is 0 Å². The van der Waals surface area contributed by atoms with Gasteiger partial charge in [0.1, 0.15) is 11.5 Å². The summed E-state index contributed by atoms with van der Waals surface area (Å²) in [4.78, 5) is 26.4. The van der Waals surface area contributed by atoms with Crippen LogP contribution < -0.4 is 10.6 Å². The molecule has 4 aromatic rings. The summed E-state index contributed by atoms with van der Waals surface area (Å²) in [5.74, 6) is 7.40. The number of aryl methyl sites for hydroxylation is 2. The maximum atomic E-state index is 14.1.